The summed E-state index contributed by atoms with van der Waals surface area (Å²) >= 11 is 0. The molecule has 1 aliphatic rings. The Balaban J connectivity index is 2.44. The number of carbonyl (C=O) groups is 1. The summed E-state index contributed by atoms with van der Waals surface area (Å²) in [4.78, 5) is 15.9. The fourth-order valence-electron chi connectivity index (χ4n) is 2.03. The minimum Gasteiger partial charge on any atom is -0.387 e. The third-order valence-electron chi connectivity index (χ3n) is 3.09. The molecule has 1 amide bonds. The van der Waals surface area contributed by atoms with E-state index in [4.69, 9.17) is 10.3 Å². The van der Waals surface area contributed by atoms with Gasteiger partial charge in [-0.1, -0.05) is 13.0 Å². The molecule has 22 heavy (non-hydrogen) atoms. The molecule has 8 heteroatoms. The predicted octanol–water partition coefficient (Wildman–Crippen LogP) is 1.24. The van der Waals surface area contributed by atoms with Crippen molar-refractivity contribution in [3.05, 3.63) is 29.3 Å². The van der Waals surface area contributed by atoms with Crippen LogP contribution < -0.4 is 11.1 Å². The van der Waals surface area contributed by atoms with E-state index in [1.165, 1.54) is 18.2 Å². The molecule has 0 unspecified atom stereocenters. The fraction of sp³-hybridized carbons (Fsp3) is 0.286. The lowest BCUT2D eigenvalue weighted by Crippen LogP contribution is -2.27. The maximum absolute atomic E-state index is 12.1. The summed E-state index contributed by atoms with van der Waals surface area (Å²) < 4.78 is 31.4. The van der Waals surface area contributed by atoms with Crippen molar-refractivity contribution in [1.29, 1.82) is 0 Å². The monoisotopic (exact) mass is 323 g/mol. The summed E-state index contributed by atoms with van der Waals surface area (Å²) in [6.45, 7) is 2.51. The molecule has 1 aliphatic heterocycles. The molecule has 118 valence electrons. The van der Waals surface area contributed by atoms with Gasteiger partial charge < -0.3 is 11.1 Å². The predicted molar refractivity (Wildman–Crippen MR) is 83.4 cm³/mol. The van der Waals surface area contributed by atoms with Gasteiger partial charge in [-0.2, -0.15) is 8.42 Å². The average molecular weight is 323 g/mol. The third-order valence-corrected chi connectivity index (χ3v) is 3.94. The first-order chi connectivity index (χ1) is 10.3. The Hall–Kier alpha value is -2.19. The number of aliphatic imine (C=N–C) groups is 1. The lowest BCUT2D eigenvalue weighted by molar-refractivity contribution is -0.117. The van der Waals surface area contributed by atoms with E-state index < -0.39 is 10.1 Å². The summed E-state index contributed by atoms with van der Waals surface area (Å²) in [5.41, 5.74) is 7.10. The minimum atomic E-state index is -4.32. The number of fused-ring (bicyclic) bond motifs is 1. The second kappa shape index (κ2) is 6.29. The van der Waals surface area contributed by atoms with E-state index in [9.17, 15) is 13.2 Å². The molecule has 1 aromatic carbocycles. The molecule has 0 saturated carbocycles. The lowest BCUT2D eigenvalue weighted by Gasteiger charge is -2.06. The van der Waals surface area contributed by atoms with Crippen molar-refractivity contribution in [1.82, 2.24) is 5.32 Å². The zero-order chi connectivity index (χ0) is 16.3. The minimum absolute atomic E-state index is 0.172. The third kappa shape index (κ3) is 3.71. The number of amides is 1. The van der Waals surface area contributed by atoms with Crippen molar-refractivity contribution in [2.45, 2.75) is 24.7 Å². The van der Waals surface area contributed by atoms with Gasteiger partial charge >= 0.3 is 0 Å². The van der Waals surface area contributed by atoms with Crippen LogP contribution in [0.2, 0.25) is 0 Å². The Labute approximate surface area is 128 Å². The van der Waals surface area contributed by atoms with Crippen molar-refractivity contribution in [2.24, 2.45) is 10.7 Å². The van der Waals surface area contributed by atoms with Crippen molar-refractivity contribution in [3.8, 4) is 0 Å². The van der Waals surface area contributed by atoms with Crippen LogP contribution in [-0.2, 0) is 14.9 Å². The molecule has 2 rings (SSSR count). The summed E-state index contributed by atoms with van der Waals surface area (Å²) in [6.07, 6.45) is 2.61. The smallest absolute Gasteiger partial charge is 0.294 e. The van der Waals surface area contributed by atoms with E-state index in [1.54, 1.807) is 6.08 Å². The molecule has 0 fully saturated rings. The zero-order valence-corrected chi connectivity index (χ0v) is 12.9. The molecule has 0 bridgehead atoms. The molecule has 0 radical (unpaired) electrons. The number of nitrogens with one attached hydrogen (secondary N) is 1. The molecule has 0 atom stereocenters. The number of nitrogens with two attached hydrogens (primary N) is 1. The van der Waals surface area contributed by atoms with Gasteiger partial charge in [0.25, 0.3) is 10.1 Å². The number of rotatable bonds is 4. The Morgan fingerprint density at radius 3 is 2.82 bits per heavy atom. The van der Waals surface area contributed by atoms with Gasteiger partial charge in [0.1, 0.15) is 5.84 Å². The number of hydrogen-bond acceptors (Lipinski definition) is 5. The van der Waals surface area contributed by atoms with Gasteiger partial charge in [0, 0.05) is 24.1 Å². The van der Waals surface area contributed by atoms with E-state index in [1.807, 2.05) is 6.92 Å². The highest BCUT2D eigenvalue weighted by Gasteiger charge is 2.18. The van der Waals surface area contributed by atoms with Gasteiger partial charge in [-0.15, -0.1) is 0 Å². The van der Waals surface area contributed by atoms with E-state index in [-0.39, 0.29) is 23.1 Å². The Morgan fingerprint density at radius 2 is 2.18 bits per heavy atom. The number of carbonyl (C=O) groups excluding carboxylic acids is 1. The van der Waals surface area contributed by atoms with Crippen LogP contribution in [0.15, 0.2) is 33.7 Å². The van der Waals surface area contributed by atoms with Crippen LogP contribution in [0.3, 0.4) is 0 Å². The van der Waals surface area contributed by atoms with E-state index in [0.717, 1.165) is 6.42 Å². The van der Waals surface area contributed by atoms with Gasteiger partial charge in [0.05, 0.1) is 10.6 Å². The lowest BCUT2D eigenvalue weighted by atomic mass is 10.1. The molecule has 0 spiro atoms. The Morgan fingerprint density at radius 1 is 1.45 bits per heavy atom. The van der Waals surface area contributed by atoms with Crippen LogP contribution in [0, 0.1) is 0 Å². The Kier molecular flexibility index (Phi) is 4.62. The zero-order valence-electron chi connectivity index (χ0n) is 12.0. The van der Waals surface area contributed by atoms with Crippen molar-refractivity contribution >= 4 is 33.6 Å². The number of hydrogen-bond donors (Lipinski definition) is 3. The van der Waals surface area contributed by atoms with Crippen LogP contribution in [0.4, 0.5) is 5.69 Å². The normalized spacial score (nSPS) is 14.5. The summed E-state index contributed by atoms with van der Waals surface area (Å²) in [5, 5.41) is 2.76. The summed E-state index contributed by atoms with van der Waals surface area (Å²) in [5.74, 6) is -0.0316. The molecule has 0 aromatic heterocycles. The molecule has 0 aliphatic carbocycles. The second-order valence-corrected chi connectivity index (χ2v) is 6.32. The molecule has 7 nitrogen and oxygen atoms in total. The van der Waals surface area contributed by atoms with Gasteiger partial charge in [-0.05, 0) is 24.6 Å². The van der Waals surface area contributed by atoms with Crippen LogP contribution >= 0.6 is 0 Å². The molecule has 4 N–H and O–H groups in total. The first kappa shape index (κ1) is 16.2. The molecule has 1 aromatic rings. The second-order valence-electron chi connectivity index (χ2n) is 4.90. The van der Waals surface area contributed by atoms with E-state index in [2.05, 4.69) is 10.3 Å². The SMILES string of the molecule is CCCNC(=O)C1=Cc2ccc(S(=O)(=O)O)cc2N=C(N)C1. The highest BCUT2D eigenvalue weighted by Crippen LogP contribution is 2.29. The fourth-order valence-corrected chi connectivity index (χ4v) is 2.53. The topological polar surface area (TPSA) is 122 Å². The number of nitrogens with zero attached hydrogens (tertiary/aromatic N) is 1. The molecular formula is C14H17N3O4S. The highest BCUT2D eigenvalue weighted by atomic mass is 32.2. The van der Waals surface area contributed by atoms with Gasteiger partial charge in [0.15, 0.2) is 0 Å². The largest absolute Gasteiger partial charge is 0.387 e. The maximum Gasteiger partial charge on any atom is 0.294 e. The first-order valence-corrected chi connectivity index (χ1v) is 8.18. The van der Waals surface area contributed by atoms with Gasteiger partial charge in [0.2, 0.25) is 5.91 Å². The number of amidine groups is 1. The van der Waals surface area contributed by atoms with Gasteiger partial charge in [-0.25, -0.2) is 4.99 Å². The van der Waals surface area contributed by atoms with Crippen LogP contribution in [0.1, 0.15) is 25.3 Å². The summed E-state index contributed by atoms with van der Waals surface area (Å²) in [6, 6.07) is 3.96. The van der Waals surface area contributed by atoms with E-state index >= 15 is 0 Å². The molecule has 0 saturated heterocycles. The maximum atomic E-state index is 12.1. The van der Waals surface area contributed by atoms with Crippen molar-refractivity contribution < 1.29 is 17.8 Å². The van der Waals surface area contributed by atoms with Crippen LogP contribution in [0.25, 0.3) is 6.08 Å². The quantitative estimate of drug-likeness (QED) is 0.719. The van der Waals surface area contributed by atoms with Crippen LogP contribution in [-0.4, -0.2) is 31.3 Å². The van der Waals surface area contributed by atoms with Crippen molar-refractivity contribution in [3.63, 3.8) is 0 Å². The standard InChI is InChI=1S/C14H17N3O4S/c1-2-5-16-14(18)10-6-9-3-4-11(22(19,20)21)8-12(9)17-13(15)7-10/h3-4,6,8H,2,5,7H2,1H3,(H2,15,17)(H,16,18)(H,19,20,21). The summed E-state index contributed by atoms with van der Waals surface area (Å²) in [7, 11) is -4.32. The number of benzene rings is 1. The van der Waals surface area contributed by atoms with E-state index in [0.29, 0.717) is 23.4 Å². The van der Waals surface area contributed by atoms with Crippen molar-refractivity contribution in [2.75, 3.05) is 6.54 Å². The first-order valence-electron chi connectivity index (χ1n) is 6.74. The van der Waals surface area contributed by atoms with Crippen LogP contribution in [0.5, 0.6) is 0 Å². The average Bonchev–Trinajstić information content (AvgIpc) is 2.60. The highest BCUT2D eigenvalue weighted by molar-refractivity contribution is 7.85. The Bertz CT molecular complexity index is 766. The van der Waals surface area contributed by atoms with Gasteiger partial charge in [-0.3, -0.25) is 9.35 Å². The molecule has 1 heterocycles. The molecular weight excluding hydrogens is 306 g/mol.